The summed E-state index contributed by atoms with van der Waals surface area (Å²) in [4.78, 5) is 16.0. The Morgan fingerprint density at radius 3 is 2.69 bits per heavy atom. The number of hydrogen-bond donors (Lipinski definition) is 0. The first-order valence-electron chi connectivity index (χ1n) is 4.58. The minimum absolute atomic E-state index is 0.126. The Balaban J connectivity index is 2.44. The van der Waals surface area contributed by atoms with Crippen LogP contribution in [0.3, 0.4) is 0 Å². The van der Waals surface area contributed by atoms with Gasteiger partial charge in [-0.15, -0.1) is 0 Å². The van der Waals surface area contributed by atoms with Gasteiger partial charge in [-0.25, -0.2) is 0 Å². The number of nitrogens with zero attached hydrogens (tertiary/aromatic N) is 1. The zero-order chi connectivity index (χ0) is 11.5. The number of pyridine rings is 1. The fourth-order valence-corrected chi connectivity index (χ4v) is 1.92. The van der Waals surface area contributed by atoms with E-state index >= 15 is 0 Å². The van der Waals surface area contributed by atoms with Gasteiger partial charge in [-0.3, -0.25) is 9.78 Å². The van der Waals surface area contributed by atoms with E-state index in [0.717, 1.165) is 4.47 Å². The molecule has 0 aliphatic carbocycles. The first kappa shape index (κ1) is 11.3. The summed E-state index contributed by atoms with van der Waals surface area (Å²) in [5, 5.41) is 0.451. The van der Waals surface area contributed by atoms with Crippen molar-refractivity contribution in [2.24, 2.45) is 0 Å². The first-order chi connectivity index (χ1) is 7.68. The van der Waals surface area contributed by atoms with E-state index in [9.17, 15) is 4.79 Å². The van der Waals surface area contributed by atoms with Gasteiger partial charge in [-0.1, -0.05) is 23.7 Å². The van der Waals surface area contributed by atoms with Crippen molar-refractivity contribution in [2.75, 3.05) is 0 Å². The molecule has 0 radical (unpaired) electrons. The summed E-state index contributed by atoms with van der Waals surface area (Å²) in [6.07, 6.45) is 3.15. The number of halogens is 2. The van der Waals surface area contributed by atoms with Crippen LogP contribution in [0.1, 0.15) is 15.9 Å². The Bertz CT molecular complexity index is 542. The molecule has 0 amide bonds. The number of carbonyl (C=O) groups excluding carboxylic acids is 1. The minimum Gasteiger partial charge on any atom is -0.288 e. The number of ketones is 1. The highest BCUT2D eigenvalue weighted by molar-refractivity contribution is 9.10. The smallest absolute Gasteiger partial charge is 0.196 e. The fourth-order valence-electron chi connectivity index (χ4n) is 1.34. The predicted octanol–water partition coefficient (Wildman–Crippen LogP) is 3.73. The molecule has 1 aromatic heterocycles. The van der Waals surface area contributed by atoms with Gasteiger partial charge in [0.25, 0.3) is 0 Å². The van der Waals surface area contributed by atoms with Gasteiger partial charge in [0.2, 0.25) is 0 Å². The van der Waals surface area contributed by atoms with Crippen molar-refractivity contribution in [2.45, 2.75) is 0 Å². The van der Waals surface area contributed by atoms with Crippen LogP contribution in [0.2, 0.25) is 5.02 Å². The second-order valence-electron chi connectivity index (χ2n) is 3.20. The van der Waals surface area contributed by atoms with E-state index in [1.165, 1.54) is 6.20 Å². The van der Waals surface area contributed by atoms with Crippen molar-refractivity contribution in [1.29, 1.82) is 0 Å². The zero-order valence-corrected chi connectivity index (χ0v) is 10.5. The first-order valence-corrected chi connectivity index (χ1v) is 5.75. The molecule has 0 bridgehead atoms. The summed E-state index contributed by atoms with van der Waals surface area (Å²) >= 11 is 9.23. The highest BCUT2D eigenvalue weighted by atomic mass is 79.9. The van der Waals surface area contributed by atoms with E-state index < -0.39 is 0 Å². The molecule has 4 heteroatoms. The van der Waals surface area contributed by atoms with Crippen molar-refractivity contribution in [3.05, 3.63) is 63.3 Å². The molecule has 0 fully saturated rings. The van der Waals surface area contributed by atoms with Gasteiger partial charge < -0.3 is 0 Å². The Hall–Kier alpha value is -1.19. The van der Waals surface area contributed by atoms with Crippen LogP contribution in [-0.4, -0.2) is 10.8 Å². The standard InChI is InChI=1S/C12H7BrClNO/c13-9-5-8(6-15-7-9)12(16)10-3-1-2-4-11(10)14/h1-7H. The number of aromatic nitrogens is 1. The van der Waals surface area contributed by atoms with Gasteiger partial charge in [-0.05, 0) is 34.1 Å². The Kier molecular flexibility index (Phi) is 3.36. The van der Waals surface area contributed by atoms with Crippen molar-refractivity contribution in [1.82, 2.24) is 4.98 Å². The maximum atomic E-state index is 12.1. The average Bonchev–Trinajstić information content (AvgIpc) is 2.29. The second kappa shape index (κ2) is 4.76. The number of carbonyl (C=O) groups is 1. The van der Waals surface area contributed by atoms with Crippen LogP contribution in [0.15, 0.2) is 47.2 Å². The maximum Gasteiger partial charge on any atom is 0.196 e. The lowest BCUT2D eigenvalue weighted by atomic mass is 10.1. The van der Waals surface area contributed by atoms with Crippen molar-refractivity contribution >= 4 is 33.3 Å². The molecule has 0 aliphatic heterocycles. The quantitative estimate of drug-likeness (QED) is 0.790. The highest BCUT2D eigenvalue weighted by Crippen LogP contribution is 2.20. The molecule has 0 spiro atoms. The molecular weight excluding hydrogens is 289 g/mol. The van der Waals surface area contributed by atoms with Crippen molar-refractivity contribution < 1.29 is 4.79 Å². The van der Waals surface area contributed by atoms with Crippen molar-refractivity contribution in [3.63, 3.8) is 0 Å². The molecule has 0 atom stereocenters. The lowest BCUT2D eigenvalue weighted by Gasteiger charge is -2.03. The van der Waals surface area contributed by atoms with Crippen LogP contribution in [-0.2, 0) is 0 Å². The van der Waals surface area contributed by atoms with E-state index in [0.29, 0.717) is 16.1 Å². The Morgan fingerprint density at radius 1 is 1.25 bits per heavy atom. The SMILES string of the molecule is O=C(c1cncc(Br)c1)c1ccccc1Cl. The summed E-state index contributed by atoms with van der Waals surface area (Å²) in [7, 11) is 0. The Labute approximate surface area is 106 Å². The third-order valence-corrected chi connectivity index (χ3v) is 2.85. The minimum atomic E-state index is -0.126. The number of rotatable bonds is 2. The highest BCUT2D eigenvalue weighted by Gasteiger charge is 2.12. The lowest BCUT2D eigenvalue weighted by molar-refractivity contribution is 0.103. The fraction of sp³-hybridized carbons (Fsp3) is 0. The van der Waals surface area contributed by atoms with Crippen LogP contribution in [0, 0.1) is 0 Å². The molecule has 2 aromatic rings. The third-order valence-electron chi connectivity index (χ3n) is 2.09. The molecular formula is C12H7BrClNO. The summed E-state index contributed by atoms with van der Waals surface area (Å²) in [6.45, 7) is 0. The van der Waals surface area contributed by atoms with Gasteiger partial charge in [0.1, 0.15) is 0 Å². The molecule has 0 unspecified atom stereocenters. The van der Waals surface area contributed by atoms with Gasteiger partial charge in [0.15, 0.2) is 5.78 Å². The topological polar surface area (TPSA) is 30.0 Å². The molecule has 0 aliphatic rings. The van der Waals surface area contributed by atoms with E-state index in [-0.39, 0.29) is 5.78 Å². The molecule has 2 nitrogen and oxygen atoms in total. The molecule has 1 aromatic carbocycles. The zero-order valence-electron chi connectivity index (χ0n) is 8.15. The normalized spacial score (nSPS) is 10.1. The molecule has 2 rings (SSSR count). The summed E-state index contributed by atoms with van der Waals surface area (Å²) in [5.41, 5.74) is 1.01. The molecule has 16 heavy (non-hydrogen) atoms. The van der Waals surface area contributed by atoms with E-state index in [4.69, 9.17) is 11.6 Å². The van der Waals surface area contributed by atoms with Gasteiger partial charge in [-0.2, -0.15) is 0 Å². The molecule has 0 saturated heterocycles. The third kappa shape index (κ3) is 2.31. The van der Waals surface area contributed by atoms with E-state index in [1.807, 2.05) is 0 Å². The van der Waals surface area contributed by atoms with Crippen LogP contribution in [0.5, 0.6) is 0 Å². The lowest BCUT2D eigenvalue weighted by Crippen LogP contribution is -2.02. The van der Waals surface area contributed by atoms with Crippen LogP contribution in [0.25, 0.3) is 0 Å². The summed E-state index contributed by atoms with van der Waals surface area (Å²) in [6, 6.07) is 8.69. The van der Waals surface area contributed by atoms with Gasteiger partial charge >= 0.3 is 0 Å². The Morgan fingerprint density at radius 2 is 2.00 bits per heavy atom. The molecule has 0 saturated carbocycles. The van der Waals surface area contributed by atoms with Crippen LogP contribution in [0.4, 0.5) is 0 Å². The molecule has 1 heterocycles. The molecule has 0 N–H and O–H groups in total. The largest absolute Gasteiger partial charge is 0.288 e. The predicted molar refractivity (Wildman–Crippen MR) is 66.8 cm³/mol. The number of benzene rings is 1. The van der Waals surface area contributed by atoms with Crippen molar-refractivity contribution in [3.8, 4) is 0 Å². The van der Waals surface area contributed by atoms with Gasteiger partial charge in [0, 0.05) is 28.0 Å². The van der Waals surface area contributed by atoms with E-state index in [1.54, 1.807) is 36.5 Å². The second-order valence-corrected chi connectivity index (χ2v) is 4.52. The summed E-state index contributed by atoms with van der Waals surface area (Å²) < 4.78 is 0.769. The van der Waals surface area contributed by atoms with Crippen LogP contribution < -0.4 is 0 Å². The van der Waals surface area contributed by atoms with E-state index in [2.05, 4.69) is 20.9 Å². The maximum absolute atomic E-state index is 12.1. The van der Waals surface area contributed by atoms with Crippen LogP contribution >= 0.6 is 27.5 Å². The summed E-state index contributed by atoms with van der Waals surface area (Å²) in [5.74, 6) is -0.126. The molecule has 80 valence electrons. The number of hydrogen-bond acceptors (Lipinski definition) is 2. The average molecular weight is 297 g/mol. The monoisotopic (exact) mass is 295 g/mol. The van der Waals surface area contributed by atoms with Gasteiger partial charge in [0.05, 0.1) is 5.02 Å².